The molecule has 0 radical (unpaired) electrons. The summed E-state index contributed by atoms with van der Waals surface area (Å²) in [6.45, 7) is 6.10. The van der Waals surface area contributed by atoms with Gasteiger partial charge >= 0.3 is 0 Å². The van der Waals surface area contributed by atoms with Crippen molar-refractivity contribution in [1.82, 2.24) is 0 Å². The highest BCUT2D eigenvalue weighted by Crippen LogP contribution is 2.28. The molecule has 0 aromatic heterocycles. The normalized spacial score (nSPS) is 11.5. The number of phenolic OH excluding ortho intramolecular Hbond substituents is 1. The van der Waals surface area contributed by atoms with Gasteiger partial charge in [0.1, 0.15) is 11.5 Å². The van der Waals surface area contributed by atoms with E-state index in [0.29, 0.717) is 11.4 Å². The molecule has 2 rings (SSSR count). The van der Waals surface area contributed by atoms with Gasteiger partial charge in [-0.2, -0.15) is 0 Å². The average molecular weight is 402 g/mol. The highest BCUT2D eigenvalue weighted by molar-refractivity contribution is 7.92. The molecule has 2 N–H and O–H groups in total. The van der Waals surface area contributed by atoms with E-state index in [9.17, 15) is 13.5 Å². The number of sulfonamides is 1. The fourth-order valence-corrected chi connectivity index (χ4v) is 3.41. The van der Waals surface area contributed by atoms with Crippen molar-refractivity contribution in [2.24, 2.45) is 0 Å². The molecule has 2 aromatic carbocycles. The first-order chi connectivity index (χ1) is 13.1. The molecule has 0 saturated heterocycles. The molecule has 150 valence electrons. The number of phenols is 1. The lowest BCUT2D eigenvalue weighted by molar-refractivity contribution is 0.417. The van der Waals surface area contributed by atoms with Crippen LogP contribution in [0, 0.1) is 6.92 Å². The number of methoxy groups -OCH3 is 1. The monoisotopic (exact) mass is 401 g/mol. The molecule has 0 atom stereocenters. The van der Waals surface area contributed by atoms with Crippen molar-refractivity contribution in [2.45, 2.75) is 27.2 Å². The van der Waals surface area contributed by atoms with E-state index >= 15 is 0 Å². The van der Waals surface area contributed by atoms with Crippen molar-refractivity contribution in [3.63, 3.8) is 0 Å². The summed E-state index contributed by atoms with van der Waals surface area (Å²) >= 11 is 0. The van der Waals surface area contributed by atoms with Crippen LogP contribution in [0.3, 0.4) is 0 Å². The number of hydrogen-bond acceptors (Lipinski definition) is 4. The summed E-state index contributed by atoms with van der Waals surface area (Å²) in [5.41, 5.74) is 5.60. The van der Waals surface area contributed by atoms with Crippen molar-refractivity contribution >= 4 is 27.9 Å². The Labute approximate surface area is 167 Å². The second kappa shape index (κ2) is 8.97. The number of hydrogen-bond donors (Lipinski definition) is 2. The second-order valence-electron chi connectivity index (χ2n) is 6.98. The molecule has 0 aliphatic carbocycles. The summed E-state index contributed by atoms with van der Waals surface area (Å²) in [5, 5.41) is 9.99. The minimum atomic E-state index is -3.39. The van der Waals surface area contributed by atoms with Gasteiger partial charge in [0, 0.05) is 0 Å². The smallest absolute Gasteiger partial charge is 0.229 e. The van der Waals surface area contributed by atoms with Crippen LogP contribution in [0.1, 0.15) is 36.1 Å². The van der Waals surface area contributed by atoms with Crippen LogP contribution in [0.5, 0.6) is 11.5 Å². The second-order valence-corrected chi connectivity index (χ2v) is 8.73. The number of aryl methyl sites for hydroxylation is 1. The van der Waals surface area contributed by atoms with Crippen LogP contribution < -0.4 is 9.46 Å². The zero-order valence-electron chi connectivity index (χ0n) is 16.9. The zero-order chi connectivity index (χ0) is 20.9. The van der Waals surface area contributed by atoms with Crippen molar-refractivity contribution in [2.75, 3.05) is 18.1 Å². The Morgan fingerprint density at radius 1 is 1.18 bits per heavy atom. The van der Waals surface area contributed by atoms with Crippen LogP contribution in [0.25, 0.3) is 12.2 Å². The van der Waals surface area contributed by atoms with E-state index in [1.807, 2.05) is 19.1 Å². The van der Waals surface area contributed by atoms with E-state index in [-0.39, 0.29) is 5.75 Å². The first kappa shape index (κ1) is 21.6. The van der Waals surface area contributed by atoms with E-state index in [0.717, 1.165) is 34.9 Å². The standard InChI is InChI=1S/C22H27NO4S/c1-15(2)6-10-20-16(3)12-19(24)14-18(20)9-7-17-8-11-21(22(13-17)27-4)23-28(5,25)26/h6-9,11-14,23-24H,10H2,1-5H3/b9-7+. The van der Waals surface area contributed by atoms with Gasteiger partial charge in [-0.15, -0.1) is 0 Å². The summed E-state index contributed by atoms with van der Waals surface area (Å²) in [6.07, 6.45) is 7.89. The number of anilines is 1. The lowest BCUT2D eigenvalue weighted by Gasteiger charge is -2.11. The molecule has 28 heavy (non-hydrogen) atoms. The number of rotatable bonds is 7. The van der Waals surface area contributed by atoms with Gasteiger partial charge in [0.25, 0.3) is 0 Å². The summed E-state index contributed by atoms with van der Waals surface area (Å²) in [4.78, 5) is 0. The molecule has 0 bridgehead atoms. The minimum absolute atomic E-state index is 0.225. The van der Waals surface area contributed by atoms with E-state index < -0.39 is 10.0 Å². The summed E-state index contributed by atoms with van der Waals surface area (Å²) in [7, 11) is -1.90. The Morgan fingerprint density at radius 2 is 1.89 bits per heavy atom. The molecule has 6 heteroatoms. The van der Waals surface area contributed by atoms with Crippen molar-refractivity contribution in [3.05, 3.63) is 64.2 Å². The zero-order valence-corrected chi connectivity index (χ0v) is 17.7. The van der Waals surface area contributed by atoms with Crippen LogP contribution >= 0.6 is 0 Å². The van der Waals surface area contributed by atoms with Gasteiger partial charge in [-0.25, -0.2) is 8.42 Å². The third-order valence-corrected chi connectivity index (χ3v) is 4.77. The van der Waals surface area contributed by atoms with Gasteiger partial charge in [0.05, 0.1) is 19.1 Å². The van der Waals surface area contributed by atoms with Crippen LogP contribution in [-0.2, 0) is 16.4 Å². The Bertz CT molecular complexity index is 1020. The Morgan fingerprint density at radius 3 is 2.50 bits per heavy atom. The van der Waals surface area contributed by atoms with Crippen LogP contribution in [-0.4, -0.2) is 26.9 Å². The Hall–Kier alpha value is -2.73. The van der Waals surface area contributed by atoms with Gasteiger partial charge < -0.3 is 9.84 Å². The summed E-state index contributed by atoms with van der Waals surface area (Å²) in [5.74, 6) is 0.660. The van der Waals surface area contributed by atoms with E-state index in [4.69, 9.17) is 4.74 Å². The molecular weight excluding hydrogens is 374 g/mol. The average Bonchev–Trinajstić information content (AvgIpc) is 2.58. The van der Waals surface area contributed by atoms with Crippen LogP contribution in [0.2, 0.25) is 0 Å². The maximum atomic E-state index is 11.5. The predicted octanol–water partition coefficient (Wildman–Crippen LogP) is 4.76. The van der Waals surface area contributed by atoms with Crippen molar-refractivity contribution < 1.29 is 18.3 Å². The number of aromatic hydroxyl groups is 1. The lowest BCUT2D eigenvalue weighted by atomic mass is 9.96. The minimum Gasteiger partial charge on any atom is -0.508 e. The maximum Gasteiger partial charge on any atom is 0.229 e. The third kappa shape index (κ3) is 6.16. The molecule has 0 unspecified atom stereocenters. The molecule has 0 aliphatic heterocycles. The van der Waals surface area contributed by atoms with Gasteiger partial charge in [-0.05, 0) is 73.7 Å². The Kier molecular flexibility index (Phi) is 6.91. The van der Waals surface area contributed by atoms with Gasteiger partial charge in [0.2, 0.25) is 10.0 Å². The third-order valence-electron chi connectivity index (χ3n) is 4.18. The predicted molar refractivity (Wildman–Crippen MR) is 116 cm³/mol. The van der Waals surface area contributed by atoms with Crippen molar-refractivity contribution in [3.8, 4) is 11.5 Å². The van der Waals surface area contributed by atoms with Crippen molar-refractivity contribution in [1.29, 1.82) is 0 Å². The van der Waals surface area contributed by atoms with E-state index in [2.05, 4.69) is 24.6 Å². The highest BCUT2D eigenvalue weighted by atomic mass is 32.2. The maximum absolute atomic E-state index is 11.5. The van der Waals surface area contributed by atoms with Crippen LogP contribution in [0.4, 0.5) is 5.69 Å². The van der Waals surface area contributed by atoms with E-state index in [1.165, 1.54) is 12.7 Å². The molecule has 0 aliphatic rings. The topological polar surface area (TPSA) is 75.6 Å². The Balaban J connectivity index is 2.39. The highest BCUT2D eigenvalue weighted by Gasteiger charge is 2.09. The number of allylic oxidation sites excluding steroid dienone is 2. The quantitative estimate of drug-likeness (QED) is 0.518. The molecule has 2 aromatic rings. The largest absolute Gasteiger partial charge is 0.508 e. The fourth-order valence-electron chi connectivity index (χ4n) is 2.84. The lowest BCUT2D eigenvalue weighted by Crippen LogP contribution is -2.10. The fraction of sp³-hybridized carbons (Fsp3) is 0.273. The summed E-state index contributed by atoms with van der Waals surface area (Å²) < 4.78 is 30.7. The van der Waals surface area contributed by atoms with Gasteiger partial charge in [-0.1, -0.05) is 29.9 Å². The number of nitrogens with one attached hydrogen (secondary N) is 1. The molecule has 0 saturated carbocycles. The first-order valence-corrected chi connectivity index (χ1v) is 10.8. The van der Waals surface area contributed by atoms with Gasteiger partial charge in [-0.3, -0.25) is 4.72 Å². The molecule has 0 heterocycles. The molecular formula is C22H27NO4S. The summed E-state index contributed by atoms with van der Waals surface area (Å²) in [6, 6.07) is 8.74. The SMILES string of the molecule is COc1cc(/C=C/c2cc(O)cc(C)c2CC=C(C)C)ccc1NS(C)(=O)=O. The molecule has 5 nitrogen and oxygen atoms in total. The number of benzene rings is 2. The molecule has 0 amide bonds. The first-order valence-electron chi connectivity index (χ1n) is 8.89. The molecule has 0 spiro atoms. The number of ether oxygens (including phenoxy) is 1. The molecule has 0 fully saturated rings. The van der Waals surface area contributed by atoms with Crippen LogP contribution in [0.15, 0.2) is 42.0 Å². The van der Waals surface area contributed by atoms with Gasteiger partial charge in [0.15, 0.2) is 0 Å². The van der Waals surface area contributed by atoms with E-state index in [1.54, 1.807) is 30.3 Å².